The smallest absolute Gasteiger partial charge is 0.252 e. The first-order valence-electron chi connectivity index (χ1n) is 5.36. The molecule has 92 valence electrons. The van der Waals surface area contributed by atoms with Crippen LogP contribution < -0.4 is 15.8 Å². The van der Waals surface area contributed by atoms with Crippen molar-refractivity contribution in [1.29, 1.82) is 0 Å². The van der Waals surface area contributed by atoms with Gasteiger partial charge in [0, 0.05) is 18.0 Å². The number of nitrogens with zero attached hydrogens (tertiary/aromatic N) is 1. The van der Waals surface area contributed by atoms with Crippen molar-refractivity contribution >= 4 is 17.4 Å². The molecule has 0 spiro atoms. The molecule has 5 heteroatoms. The monoisotopic (exact) mass is 243 g/mol. The second-order valence-corrected chi connectivity index (χ2v) is 3.62. The highest BCUT2D eigenvalue weighted by Crippen LogP contribution is 2.24. The van der Waals surface area contributed by atoms with Gasteiger partial charge < -0.3 is 15.8 Å². The van der Waals surface area contributed by atoms with Crippen LogP contribution in [0.5, 0.6) is 5.75 Å². The third kappa shape index (κ3) is 2.57. The first-order valence-corrected chi connectivity index (χ1v) is 5.36. The number of nitrogens with one attached hydrogen (secondary N) is 1. The molecule has 1 heterocycles. The Hall–Kier alpha value is -2.56. The zero-order chi connectivity index (χ0) is 13.0. The minimum atomic E-state index is -0.517. The number of nitrogens with two attached hydrogens (primary N) is 1. The van der Waals surface area contributed by atoms with Crippen molar-refractivity contribution in [3.63, 3.8) is 0 Å². The summed E-state index contributed by atoms with van der Waals surface area (Å²) >= 11 is 0. The average Bonchev–Trinajstić information content (AvgIpc) is 2.39. The van der Waals surface area contributed by atoms with Crippen LogP contribution >= 0.6 is 0 Å². The molecule has 2 rings (SSSR count). The van der Waals surface area contributed by atoms with E-state index in [2.05, 4.69) is 10.3 Å². The maximum absolute atomic E-state index is 11.2. The molecule has 5 nitrogen and oxygen atoms in total. The van der Waals surface area contributed by atoms with Crippen LogP contribution in [-0.4, -0.2) is 18.0 Å². The Morgan fingerprint density at radius 2 is 2.17 bits per heavy atom. The molecule has 0 aliphatic heterocycles. The van der Waals surface area contributed by atoms with Gasteiger partial charge in [0.15, 0.2) is 0 Å². The number of aromatic nitrogens is 1. The van der Waals surface area contributed by atoms with E-state index in [1.807, 2.05) is 18.2 Å². The van der Waals surface area contributed by atoms with Crippen molar-refractivity contribution in [2.75, 3.05) is 12.4 Å². The summed E-state index contributed by atoms with van der Waals surface area (Å²) in [5.41, 5.74) is 6.37. The summed E-state index contributed by atoms with van der Waals surface area (Å²) in [5, 5.41) is 3.10. The maximum atomic E-state index is 11.2. The van der Waals surface area contributed by atoms with E-state index in [-0.39, 0.29) is 0 Å². The zero-order valence-electron chi connectivity index (χ0n) is 9.88. The van der Waals surface area contributed by atoms with Crippen LogP contribution in [0.2, 0.25) is 0 Å². The third-order valence-corrected chi connectivity index (χ3v) is 2.40. The molecule has 0 atom stereocenters. The molecule has 2 aromatic rings. The summed E-state index contributed by atoms with van der Waals surface area (Å²) in [6.07, 6.45) is 1.69. The van der Waals surface area contributed by atoms with Gasteiger partial charge in [0.2, 0.25) is 0 Å². The van der Waals surface area contributed by atoms with E-state index in [0.29, 0.717) is 17.1 Å². The van der Waals surface area contributed by atoms with Crippen LogP contribution in [0.4, 0.5) is 11.5 Å². The van der Waals surface area contributed by atoms with Crippen molar-refractivity contribution < 1.29 is 9.53 Å². The number of primary amides is 1. The Balaban J connectivity index is 2.28. The third-order valence-electron chi connectivity index (χ3n) is 2.40. The lowest BCUT2D eigenvalue weighted by molar-refractivity contribution is 0.0997. The van der Waals surface area contributed by atoms with Crippen LogP contribution in [-0.2, 0) is 0 Å². The van der Waals surface area contributed by atoms with E-state index in [0.717, 1.165) is 5.69 Å². The van der Waals surface area contributed by atoms with Gasteiger partial charge in [0.1, 0.15) is 11.6 Å². The van der Waals surface area contributed by atoms with Gasteiger partial charge in [-0.05, 0) is 24.3 Å². The molecule has 0 unspecified atom stereocenters. The van der Waals surface area contributed by atoms with E-state index in [1.54, 1.807) is 24.4 Å². The molecule has 0 aliphatic carbocycles. The quantitative estimate of drug-likeness (QED) is 0.860. The number of hydrogen-bond acceptors (Lipinski definition) is 4. The van der Waals surface area contributed by atoms with Gasteiger partial charge in [-0.25, -0.2) is 4.98 Å². The highest BCUT2D eigenvalue weighted by atomic mass is 16.5. The van der Waals surface area contributed by atoms with Gasteiger partial charge in [-0.2, -0.15) is 0 Å². The number of pyridine rings is 1. The summed E-state index contributed by atoms with van der Waals surface area (Å²) < 4.78 is 5.12. The highest BCUT2D eigenvalue weighted by Gasteiger charge is 2.09. The summed E-state index contributed by atoms with van der Waals surface area (Å²) in [6.45, 7) is 0. The number of methoxy groups -OCH3 is 1. The topological polar surface area (TPSA) is 77.2 Å². The fourth-order valence-electron chi connectivity index (χ4n) is 1.56. The molecular weight excluding hydrogens is 230 g/mol. The van der Waals surface area contributed by atoms with Crippen molar-refractivity contribution in [2.24, 2.45) is 5.73 Å². The lowest BCUT2D eigenvalue weighted by Gasteiger charge is -2.09. The van der Waals surface area contributed by atoms with E-state index in [1.165, 1.54) is 7.11 Å². The van der Waals surface area contributed by atoms with Gasteiger partial charge in [-0.15, -0.1) is 0 Å². The van der Waals surface area contributed by atoms with Gasteiger partial charge in [-0.3, -0.25) is 4.79 Å². The fraction of sp³-hybridized carbons (Fsp3) is 0.0769. The molecular formula is C13H13N3O2. The van der Waals surface area contributed by atoms with Gasteiger partial charge in [-0.1, -0.05) is 6.07 Å². The highest BCUT2D eigenvalue weighted by molar-refractivity contribution is 5.96. The second kappa shape index (κ2) is 5.18. The van der Waals surface area contributed by atoms with Gasteiger partial charge in [0.25, 0.3) is 5.91 Å². The van der Waals surface area contributed by atoms with E-state index in [4.69, 9.17) is 10.5 Å². The Labute approximate surface area is 105 Å². The summed E-state index contributed by atoms with van der Waals surface area (Å²) in [4.78, 5) is 15.3. The first kappa shape index (κ1) is 11.9. The van der Waals surface area contributed by atoms with E-state index in [9.17, 15) is 4.79 Å². The van der Waals surface area contributed by atoms with E-state index < -0.39 is 5.91 Å². The molecule has 0 fully saturated rings. The zero-order valence-corrected chi connectivity index (χ0v) is 9.88. The number of carbonyl (C=O) groups is 1. The lowest BCUT2D eigenvalue weighted by Crippen LogP contribution is -2.12. The van der Waals surface area contributed by atoms with Crippen molar-refractivity contribution in [1.82, 2.24) is 4.98 Å². The second-order valence-electron chi connectivity index (χ2n) is 3.62. The van der Waals surface area contributed by atoms with Crippen LogP contribution in [0.25, 0.3) is 0 Å². The number of ether oxygens (including phenoxy) is 1. The lowest BCUT2D eigenvalue weighted by atomic mass is 10.1. The molecule has 18 heavy (non-hydrogen) atoms. The summed E-state index contributed by atoms with van der Waals surface area (Å²) in [6, 6.07) is 10.6. The molecule has 3 N–H and O–H groups in total. The number of rotatable bonds is 4. The van der Waals surface area contributed by atoms with Gasteiger partial charge in [0.05, 0.1) is 12.7 Å². The molecule has 1 aromatic heterocycles. The number of anilines is 2. The van der Waals surface area contributed by atoms with Crippen molar-refractivity contribution in [3.8, 4) is 5.75 Å². The molecule has 0 bridgehead atoms. The van der Waals surface area contributed by atoms with Crippen LogP contribution in [0.1, 0.15) is 10.4 Å². The minimum Gasteiger partial charge on any atom is -0.496 e. The largest absolute Gasteiger partial charge is 0.496 e. The summed E-state index contributed by atoms with van der Waals surface area (Å²) in [5.74, 6) is 0.631. The molecule has 0 aliphatic rings. The molecule has 0 saturated carbocycles. The molecule has 1 amide bonds. The van der Waals surface area contributed by atoms with Crippen LogP contribution in [0.3, 0.4) is 0 Å². The average molecular weight is 243 g/mol. The van der Waals surface area contributed by atoms with Crippen LogP contribution in [0.15, 0.2) is 42.6 Å². The normalized spacial score (nSPS) is 9.83. The standard InChI is InChI=1S/C13H13N3O2/c1-18-11-8-9(5-6-10(11)13(14)17)16-12-4-2-3-7-15-12/h2-8H,1H3,(H2,14,17)(H,15,16). The fourth-order valence-corrected chi connectivity index (χ4v) is 1.56. The van der Waals surface area contributed by atoms with Crippen molar-refractivity contribution in [3.05, 3.63) is 48.2 Å². The summed E-state index contributed by atoms with van der Waals surface area (Å²) in [7, 11) is 1.49. The van der Waals surface area contributed by atoms with Gasteiger partial charge >= 0.3 is 0 Å². The number of carbonyl (C=O) groups excluding carboxylic acids is 1. The van der Waals surface area contributed by atoms with E-state index >= 15 is 0 Å². The minimum absolute atomic E-state index is 0.351. The number of hydrogen-bond donors (Lipinski definition) is 2. The maximum Gasteiger partial charge on any atom is 0.252 e. The molecule has 1 aromatic carbocycles. The Morgan fingerprint density at radius 1 is 1.33 bits per heavy atom. The SMILES string of the molecule is COc1cc(Nc2ccccn2)ccc1C(N)=O. The molecule has 0 radical (unpaired) electrons. The van der Waals surface area contributed by atoms with Crippen molar-refractivity contribution in [2.45, 2.75) is 0 Å². The van der Waals surface area contributed by atoms with Crippen LogP contribution in [0, 0.1) is 0 Å². The Morgan fingerprint density at radius 3 is 2.78 bits per heavy atom. The predicted octanol–water partition coefficient (Wildman–Crippen LogP) is 1.93. The Bertz CT molecular complexity index is 555. The Kier molecular flexibility index (Phi) is 3.43. The molecule has 0 saturated heterocycles. The predicted molar refractivity (Wildman–Crippen MR) is 69.0 cm³/mol. The number of benzene rings is 1. The first-order chi connectivity index (χ1) is 8.70. The number of amides is 1.